The quantitative estimate of drug-likeness (QED) is 0.244. The topological polar surface area (TPSA) is 94.3 Å². The molecule has 0 radical (unpaired) electrons. The van der Waals surface area contributed by atoms with Crippen molar-refractivity contribution in [1.29, 1.82) is 0 Å². The van der Waals surface area contributed by atoms with E-state index in [0.29, 0.717) is 37.9 Å². The van der Waals surface area contributed by atoms with Crippen molar-refractivity contribution in [2.45, 2.75) is 32.4 Å². The Labute approximate surface area is 210 Å². The summed E-state index contributed by atoms with van der Waals surface area (Å²) in [6.45, 7) is 3.54. The second kappa shape index (κ2) is 12.0. The van der Waals surface area contributed by atoms with Crippen LogP contribution < -0.4 is 19.1 Å². The van der Waals surface area contributed by atoms with Crippen molar-refractivity contribution in [3.8, 4) is 17.2 Å². The Morgan fingerprint density at radius 2 is 1.69 bits per heavy atom. The van der Waals surface area contributed by atoms with E-state index in [1.54, 1.807) is 26.2 Å². The summed E-state index contributed by atoms with van der Waals surface area (Å²) in [7, 11) is 1.63. The summed E-state index contributed by atoms with van der Waals surface area (Å²) in [5, 5.41) is 9.23. The molecule has 4 aromatic rings. The number of carboxylic acid groups (broad SMARTS) is 1. The molecule has 0 saturated heterocycles. The summed E-state index contributed by atoms with van der Waals surface area (Å²) in [6.07, 6.45) is 0.280. The Bertz CT molecular complexity index is 1220. The number of aliphatic carboxylic acids is 1. The number of fused-ring (bicyclic) bond motifs is 1. The van der Waals surface area contributed by atoms with Crippen LogP contribution in [-0.2, 0) is 11.3 Å². The fourth-order valence-corrected chi connectivity index (χ4v) is 3.72. The molecule has 1 heterocycles. The van der Waals surface area contributed by atoms with Crippen molar-refractivity contribution >= 4 is 23.1 Å². The summed E-state index contributed by atoms with van der Waals surface area (Å²) in [5.74, 6) is 1.12. The number of nitrogens with zero attached hydrogens (tertiary/aromatic N) is 2. The summed E-state index contributed by atoms with van der Waals surface area (Å²) >= 11 is 0. The molecule has 0 unspecified atom stereocenters. The number of hydrogen-bond donors (Lipinski definition) is 1. The molecule has 1 aromatic heterocycles. The maximum absolute atomic E-state index is 11.3. The molecule has 0 fully saturated rings. The Kier molecular flexibility index (Phi) is 8.28. The Hall–Kier alpha value is -4.20. The van der Waals surface area contributed by atoms with Crippen LogP contribution in [0, 0.1) is 0 Å². The number of anilines is 1. The Morgan fingerprint density at radius 1 is 1.00 bits per heavy atom. The van der Waals surface area contributed by atoms with E-state index in [1.807, 2.05) is 60.7 Å². The third-order valence-corrected chi connectivity index (χ3v) is 5.68. The van der Waals surface area contributed by atoms with Gasteiger partial charge in [0.25, 0.3) is 6.01 Å². The average molecular weight is 491 g/mol. The third kappa shape index (κ3) is 6.47. The van der Waals surface area contributed by atoms with Crippen LogP contribution in [0.3, 0.4) is 0 Å². The maximum atomic E-state index is 11.3. The predicted molar refractivity (Wildman–Crippen MR) is 137 cm³/mol. The first-order valence-electron chi connectivity index (χ1n) is 11.9. The first-order chi connectivity index (χ1) is 17.6. The van der Waals surface area contributed by atoms with Gasteiger partial charge < -0.3 is 28.6 Å². The summed E-state index contributed by atoms with van der Waals surface area (Å²) in [6, 6.07) is 23.1. The SMILES string of the molecule is CC[C@@H](Oc1ccc(CN(CCCOc2ccc(OC)cc2)c2nc3ccccc3o2)cc1)C(=O)O. The van der Waals surface area contributed by atoms with Crippen molar-refractivity contribution in [2.75, 3.05) is 25.2 Å². The van der Waals surface area contributed by atoms with Gasteiger partial charge in [-0.25, -0.2) is 4.79 Å². The highest BCUT2D eigenvalue weighted by Gasteiger charge is 2.18. The van der Waals surface area contributed by atoms with E-state index < -0.39 is 12.1 Å². The number of ether oxygens (including phenoxy) is 3. The van der Waals surface area contributed by atoms with Gasteiger partial charge in [-0.1, -0.05) is 31.2 Å². The molecule has 3 aromatic carbocycles. The lowest BCUT2D eigenvalue weighted by atomic mass is 10.2. The van der Waals surface area contributed by atoms with Crippen molar-refractivity contribution in [1.82, 2.24) is 4.98 Å². The number of hydrogen-bond acceptors (Lipinski definition) is 7. The van der Waals surface area contributed by atoms with E-state index in [2.05, 4.69) is 9.88 Å². The van der Waals surface area contributed by atoms with Crippen LogP contribution in [0.5, 0.6) is 17.2 Å². The molecular formula is C28H30N2O6. The number of methoxy groups -OCH3 is 1. The van der Waals surface area contributed by atoms with E-state index in [9.17, 15) is 9.90 Å². The molecule has 0 spiro atoms. The lowest BCUT2D eigenvalue weighted by molar-refractivity contribution is -0.145. The van der Waals surface area contributed by atoms with E-state index in [-0.39, 0.29) is 0 Å². The number of para-hydroxylation sites is 2. The van der Waals surface area contributed by atoms with E-state index in [4.69, 9.17) is 18.6 Å². The molecule has 0 amide bonds. The van der Waals surface area contributed by atoms with Gasteiger partial charge >= 0.3 is 5.97 Å². The molecular weight excluding hydrogens is 460 g/mol. The number of carbonyl (C=O) groups is 1. The van der Waals surface area contributed by atoms with Gasteiger partial charge in [0, 0.05) is 13.1 Å². The molecule has 0 saturated carbocycles. The highest BCUT2D eigenvalue weighted by molar-refractivity contribution is 5.74. The minimum atomic E-state index is -0.972. The van der Waals surface area contributed by atoms with E-state index in [1.165, 1.54) is 0 Å². The van der Waals surface area contributed by atoms with Gasteiger partial charge in [0.2, 0.25) is 0 Å². The van der Waals surface area contributed by atoms with Crippen molar-refractivity contribution in [3.05, 3.63) is 78.4 Å². The molecule has 0 aliphatic rings. The van der Waals surface area contributed by atoms with Gasteiger partial charge in [-0.2, -0.15) is 4.98 Å². The minimum Gasteiger partial charge on any atom is -0.497 e. The Morgan fingerprint density at radius 3 is 2.36 bits per heavy atom. The lowest BCUT2D eigenvalue weighted by Crippen LogP contribution is -2.26. The smallest absolute Gasteiger partial charge is 0.344 e. The lowest BCUT2D eigenvalue weighted by Gasteiger charge is -2.21. The van der Waals surface area contributed by atoms with Gasteiger partial charge in [0.1, 0.15) is 22.8 Å². The first kappa shape index (κ1) is 24.9. The summed E-state index contributed by atoms with van der Waals surface area (Å²) in [5.41, 5.74) is 2.55. The van der Waals surface area contributed by atoms with E-state index >= 15 is 0 Å². The second-order valence-electron chi connectivity index (χ2n) is 8.26. The first-order valence-corrected chi connectivity index (χ1v) is 11.9. The number of carboxylic acids is 1. The zero-order valence-corrected chi connectivity index (χ0v) is 20.4. The highest BCUT2D eigenvalue weighted by Crippen LogP contribution is 2.25. The van der Waals surface area contributed by atoms with Crippen LogP contribution in [0.15, 0.2) is 77.2 Å². The van der Waals surface area contributed by atoms with Gasteiger partial charge in [0.05, 0.1) is 13.7 Å². The largest absolute Gasteiger partial charge is 0.497 e. The zero-order valence-electron chi connectivity index (χ0n) is 20.4. The summed E-state index contributed by atoms with van der Waals surface area (Å²) in [4.78, 5) is 18.0. The van der Waals surface area contributed by atoms with Crippen LogP contribution in [0.1, 0.15) is 25.3 Å². The number of aromatic nitrogens is 1. The van der Waals surface area contributed by atoms with Crippen LogP contribution >= 0.6 is 0 Å². The van der Waals surface area contributed by atoms with Crippen LogP contribution in [0.25, 0.3) is 11.1 Å². The molecule has 1 N–H and O–H groups in total. The van der Waals surface area contributed by atoms with Crippen LogP contribution in [0.2, 0.25) is 0 Å². The van der Waals surface area contributed by atoms with Gasteiger partial charge in [-0.05, 0) is 66.9 Å². The molecule has 188 valence electrons. The molecule has 36 heavy (non-hydrogen) atoms. The molecule has 1 atom stereocenters. The number of benzene rings is 3. The molecule has 0 aliphatic carbocycles. The normalized spacial score (nSPS) is 11.7. The molecule has 8 nitrogen and oxygen atoms in total. The van der Waals surface area contributed by atoms with Crippen LogP contribution in [0.4, 0.5) is 6.01 Å². The Balaban J connectivity index is 1.42. The third-order valence-electron chi connectivity index (χ3n) is 5.68. The number of rotatable bonds is 13. The van der Waals surface area contributed by atoms with Crippen molar-refractivity contribution in [3.63, 3.8) is 0 Å². The van der Waals surface area contributed by atoms with Crippen molar-refractivity contribution < 1.29 is 28.5 Å². The minimum absolute atomic E-state index is 0.390. The standard InChI is InChI=1S/C28H30N2O6/c1-3-25(27(31)32)35-23-11-9-20(10-12-23)19-30(28-29-24-7-4-5-8-26(24)36-28)17-6-18-34-22-15-13-21(33-2)14-16-22/h4-5,7-16,25H,3,6,17-19H2,1-2H3,(H,31,32)/t25-/m1/s1. The fourth-order valence-electron chi connectivity index (χ4n) is 3.72. The highest BCUT2D eigenvalue weighted by atomic mass is 16.5. The fraction of sp³-hybridized carbons (Fsp3) is 0.286. The summed E-state index contributed by atoms with van der Waals surface area (Å²) < 4.78 is 22.7. The van der Waals surface area contributed by atoms with E-state index in [0.717, 1.165) is 34.6 Å². The molecule has 8 heteroatoms. The molecule has 4 rings (SSSR count). The predicted octanol–water partition coefficient (Wildman–Crippen LogP) is 5.55. The monoisotopic (exact) mass is 490 g/mol. The number of oxazole rings is 1. The van der Waals surface area contributed by atoms with Gasteiger partial charge in [-0.15, -0.1) is 0 Å². The second-order valence-corrected chi connectivity index (χ2v) is 8.26. The maximum Gasteiger partial charge on any atom is 0.344 e. The molecule has 0 bridgehead atoms. The van der Waals surface area contributed by atoms with Gasteiger partial charge in [-0.3, -0.25) is 0 Å². The van der Waals surface area contributed by atoms with Crippen LogP contribution in [-0.4, -0.2) is 42.4 Å². The zero-order chi connectivity index (χ0) is 25.3. The average Bonchev–Trinajstić information content (AvgIpc) is 3.34. The molecule has 0 aliphatic heterocycles. The van der Waals surface area contributed by atoms with Gasteiger partial charge in [0.15, 0.2) is 11.7 Å². The van der Waals surface area contributed by atoms with Crippen molar-refractivity contribution in [2.24, 2.45) is 0 Å².